The van der Waals surface area contributed by atoms with E-state index in [0.717, 1.165) is 39.9 Å². The Morgan fingerprint density at radius 1 is 1.07 bits per heavy atom. The number of fused-ring (bicyclic) bond motifs is 2. The summed E-state index contributed by atoms with van der Waals surface area (Å²) in [6.07, 6.45) is 5.02. The maximum Gasteiger partial charge on any atom is 0.262 e. The van der Waals surface area contributed by atoms with Gasteiger partial charge in [-0.05, 0) is 73.5 Å². The van der Waals surface area contributed by atoms with E-state index in [9.17, 15) is 4.79 Å². The van der Waals surface area contributed by atoms with E-state index in [2.05, 4.69) is 25.6 Å². The van der Waals surface area contributed by atoms with Crippen molar-refractivity contribution in [2.24, 2.45) is 0 Å². The molecule has 11 heteroatoms. The smallest absolute Gasteiger partial charge is 0.262 e. The molecule has 0 aliphatic carbocycles. The molecule has 41 heavy (non-hydrogen) atoms. The van der Waals surface area contributed by atoms with Gasteiger partial charge in [-0.25, -0.2) is 14.4 Å². The number of nitrogens with two attached hydrogens (primary N) is 1. The van der Waals surface area contributed by atoms with E-state index in [1.54, 1.807) is 46.8 Å². The molecule has 1 atom stereocenters. The lowest BCUT2D eigenvalue weighted by Gasteiger charge is -2.34. The second-order valence-electron chi connectivity index (χ2n) is 9.97. The molecule has 1 aliphatic rings. The average Bonchev–Trinajstić information content (AvgIpc) is 3.63. The van der Waals surface area contributed by atoms with E-state index >= 15 is 4.39 Å². The number of carbonyl (C=O) groups excluding carboxylic acids is 1. The summed E-state index contributed by atoms with van der Waals surface area (Å²) in [5, 5.41) is 12.5. The summed E-state index contributed by atoms with van der Waals surface area (Å²) in [6, 6.07) is 19.5. The third-order valence-electron chi connectivity index (χ3n) is 7.34. The van der Waals surface area contributed by atoms with Gasteiger partial charge in [-0.15, -0.1) is 16.4 Å². The number of thiophene rings is 1. The zero-order valence-electron chi connectivity index (χ0n) is 21.9. The minimum atomic E-state index is -0.652. The molecule has 4 aromatic heterocycles. The van der Waals surface area contributed by atoms with Crippen molar-refractivity contribution in [1.82, 2.24) is 30.3 Å². The molecule has 0 bridgehead atoms. The molecule has 6 aromatic rings. The van der Waals surface area contributed by atoms with Gasteiger partial charge in [-0.2, -0.15) is 4.68 Å². The van der Waals surface area contributed by atoms with E-state index in [-0.39, 0.29) is 11.6 Å². The van der Waals surface area contributed by atoms with Crippen molar-refractivity contribution in [2.45, 2.75) is 18.9 Å². The summed E-state index contributed by atoms with van der Waals surface area (Å²) >= 11 is 1.62. The van der Waals surface area contributed by atoms with Gasteiger partial charge in [0.25, 0.3) is 5.91 Å². The van der Waals surface area contributed by atoms with Crippen LogP contribution >= 0.6 is 11.3 Å². The second-order valence-corrected chi connectivity index (χ2v) is 11.0. The fraction of sp³-hybridized carbons (Fsp3) is 0.167. The number of anilines is 2. The van der Waals surface area contributed by atoms with Gasteiger partial charge in [0.1, 0.15) is 17.2 Å². The van der Waals surface area contributed by atoms with Gasteiger partial charge in [0.2, 0.25) is 0 Å². The molecule has 3 N–H and O–H groups in total. The van der Waals surface area contributed by atoms with E-state index in [0.29, 0.717) is 34.9 Å². The molecule has 1 aliphatic heterocycles. The molecular formula is C30H25FN8OS. The largest absolute Gasteiger partial charge is 0.399 e. The zero-order valence-corrected chi connectivity index (χ0v) is 22.7. The van der Waals surface area contributed by atoms with Crippen molar-refractivity contribution < 1.29 is 9.18 Å². The van der Waals surface area contributed by atoms with Crippen LogP contribution in [0.15, 0.2) is 79.1 Å². The van der Waals surface area contributed by atoms with Crippen molar-refractivity contribution in [2.75, 3.05) is 23.7 Å². The van der Waals surface area contributed by atoms with Crippen LogP contribution in [0.1, 0.15) is 23.2 Å². The molecule has 0 spiro atoms. The Morgan fingerprint density at radius 3 is 2.76 bits per heavy atom. The number of carbonyl (C=O) groups is 1. The van der Waals surface area contributed by atoms with Crippen LogP contribution < -0.4 is 16.0 Å². The fourth-order valence-corrected chi connectivity index (χ4v) is 6.35. The first-order valence-corrected chi connectivity index (χ1v) is 14.1. The number of nitrogens with one attached hydrogen (secondary N) is 1. The van der Waals surface area contributed by atoms with Gasteiger partial charge in [-0.1, -0.05) is 17.3 Å². The molecular weight excluding hydrogens is 539 g/mol. The number of nitrogens with zero attached hydrogens (tertiary/aromatic N) is 6. The first-order valence-electron chi connectivity index (χ1n) is 13.3. The van der Waals surface area contributed by atoms with Crippen LogP contribution in [0.4, 0.5) is 15.9 Å². The Bertz CT molecular complexity index is 1890. The normalized spacial score (nSPS) is 15.4. The molecule has 5 heterocycles. The Hall–Kier alpha value is -4.74. The number of amides is 1. The van der Waals surface area contributed by atoms with Gasteiger partial charge < -0.3 is 11.1 Å². The quantitative estimate of drug-likeness (QED) is 0.276. The lowest BCUT2D eigenvalue weighted by Crippen LogP contribution is -2.49. The molecule has 1 amide bonds. The molecule has 9 nitrogen and oxygen atoms in total. The number of hydrogen-bond donors (Lipinski definition) is 2. The van der Waals surface area contributed by atoms with E-state index in [1.165, 1.54) is 16.8 Å². The van der Waals surface area contributed by atoms with Crippen molar-refractivity contribution in [3.63, 3.8) is 0 Å². The highest BCUT2D eigenvalue weighted by Gasteiger charge is 2.32. The maximum absolute atomic E-state index is 15.7. The van der Waals surface area contributed by atoms with Crippen LogP contribution in [-0.4, -0.2) is 50.0 Å². The van der Waals surface area contributed by atoms with Crippen LogP contribution in [0.3, 0.4) is 0 Å². The molecule has 7 rings (SSSR count). The number of halogens is 1. The molecule has 0 radical (unpaired) electrons. The Kier molecular flexibility index (Phi) is 6.37. The highest BCUT2D eigenvalue weighted by Crippen LogP contribution is 2.39. The predicted octanol–water partition coefficient (Wildman–Crippen LogP) is 5.21. The SMILES string of the molecule is Nc1ccc(-c2cc3c(N(C(=O)c4ccc(-n5nnc6cccnc65)cc4F)[C@@H]4CCCNC4)nccc3s2)cc1. The minimum Gasteiger partial charge on any atom is -0.399 e. The number of piperidine rings is 1. The maximum atomic E-state index is 15.7. The fourth-order valence-electron chi connectivity index (χ4n) is 5.30. The molecule has 1 fully saturated rings. The number of rotatable bonds is 5. The number of nitrogen functional groups attached to an aromatic ring is 1. The highest BCUT2D eigenvalue weighted by molar-refractivity contribution is 7.22. The van der Waals surface area contributed by atoms with E-state index in [4.69, 9.17) is 5.73 Å². The van der Waals surface area contributed by atoms with Gasteiger partial charge >= 0.3 is 0 Å². The third kappa shape index (κ3) is 4.58. The van der Waals surface area contributed by atoms with E-state index in [1.807, 2.05) is 36.4 Å². The number of hydrogen-bond acceptors (Lipinski definition) is 8. The van der Waals surface area contributed by atoms with Gasteiger partial charge in [0.05, 0.1) is 17.3 Å². The third-order valence-corrected chi connectivity index (χ3v) is 8.49. The first kappa shape index (κ1) is 25.2. The molecule has 2 aromatic carbocycles. The van der Waals surface area contributed by atoms with Gasteiger partial charge in [0.15, 0.2) is 5.65 Å². The second kappa shape index (κ2) is 10.3. The lowest BCUT2D eigenvalue weighted by atomic mass is 10.0. The van der Waals surface area contributed by atoms with Crippen molar-refractivity contribution in [3.05, 3.63) is 90.5 Å². The standard InChI is InChI=1S/C30H25FN8OS/c31-24-15-20(39-29-25(36-37-39)4-2-13-34-29)9-10-22(24)30(40)38(21-3-1-12-33-17-21)28-23-16-27(41-26(23)11-14-35-28)18-5-7-19(32)8-6-18/h2,4-11,13-16,21,33H,1,3,12,17,32H2/t21-/m1/s1. The Morgan fingerprint density at radius 2 is 1.95 bits per heavy atom. The molecule has 204 valence electrons. The predicted molar refractivity (Wildman–Crippen MR) is 159 cm³/mol. The average molecular weight is 565 g/mol. The molecule has 1 saturated heterocycles. The van der Waals surface area contributed by atoms with Crippen molar-refractivity contribution >= 4 is 50.0 Å². The monoisotopic (exact) mass is 564 g/mol. The molecule has 0 saturated carbocycles. The lowest BCUT2D eigenvalue weighted by molar-refractivity contribution is 0.0968. The zero-order chi connectivity index (χ0) is 27.9. The van der Waals surface area contributed by atoms with Crippen LogP contribution in [-0.2, 0) is 0 Å². The number of benzene rings is 2. The van der Waals surface area contributed by atoms with E-state index < -0.39 is 11.7 Å². The van der Waals surface area contributed by atoms with Crippen LogP contribution in [0.5, 0.6) is 0 Å². The van der Waals surface area contributed by atoms with Crippen molar-refractivity contribution in [1.29, 1.82) is 0 Å². The molecule has 0 unspecified atom stereocenters. The van der Waals surface area contributed by atoms with Crippen LogP contribution in [0, 0.1) is 5.82 Å². The van der Waals surface area contributed by atoms with Crippen LogP contribution in [0.25, 0.3) is 37.4 Å². The Labute approximate surface area is 238 Å². The summed E-state index contributed by atoms with van der Waals surface area (Å²) in [5.74, 6) is -0.570. The summed E-state index contributed by atoms with van der Waals surface area (Å²) in [7, 11) is 0. The summed E-state index contributed by atoms with van der Waals surface area (Å²) < 4.78 is 18.2. The summed E-state index contributed by atoms with van der Waals surface area (Å²) in [4.78, 5) is 25.9. The summed E-state index contributed by atoms with van der Waals surface area (Å²) in [6.45, 7) is 1.47. The minimum absolute atomic E-state index is 0.0375. The highest BCUT2D eigenvalue weighted by atomic mass is 32.1. The number of aromatic nitrogens is 5. The van der Waals surface area contributed by atoms with Crippen molar-refractivity contribution in [3.8, 4) is 16.1 Å². The Balaban J connectivity index is 1.30. The number of pyridine rings is 2. The topological polar surface area (TPSA) is 115 Å². The van der Waals surface area contributed by atoms with Gasteiger partial charge in [-0.3, -0.25) is 9.69 Å². The van der Waals surface area contributed by atoms with Crippen LogP contribution in [0.2, 0.25) is 0 Å². The first-order chi connectivity index (χ1) is 20.1. The summed E-state index contributed by atoms with van der Waals surface area (Å²) in [5.41, 5.74) is 9.10. The van der Waals surface area contributed by atoms with Gasteiger partial charge in [0, 0.05) is 45.7 Å².